The summed E-state index contributed by atoms with van der Waals surface area (Å²) in [5, 5.41) is 1.83. The van der Waals surface area contributed by atoms with Crippen LogP contribution in [0.15, 0.2) is 71.8 Å². The third kappa shape index (κ3) is 1.55. The predicted molar refractivity (Wildman–Crippen MR) is 72.6 cm³/mol. The molecule has 0 spiro atoms. The minimum atomic E-state index is 0.223. The summed E-state index contributed by atoms with van der Waals surface area (Å²) >= 11 is 0. The van der Waals surface area contributed by atoms with Gasteiger partial charge in [0, 0.05) is 11.5 Å². The third-order valence-corrected chi connectivity index (χ3v) is 3.49. The lowest BCUT2D eigenvalue weighted by molar-refractivity contribution is 1.04. The lowest BCUT2D eigenvalue weighted by Gasteiger charge is -2.18. The molecule has 3 nitrogen and oxygen atoms in total. The second-order valence-electron chi connectivity index (χ2n) is 4.61. The summed E-state index contributed by atoms with van der Waals surface area (Å²) in [6.45, 7) is 0. The molecule has 0 radical (unpaired) electrons. The van der Waals surface area contributed by atoms with E-state index >= 15 is 0 Å². The highest BCUT2D eigenvalue weighted by Gasteiger charge is 2.24. The van der Waals surface area contributed by atoms with Crippen LogP contribution in [0.2, 0.25) is 0 Å². The van der Waals surface area contributed by atoms with Gasteiger partial charge in [0.2, 0.25) is 0 Å². The number of hydrogen-bond acceptors (Lipinski definition) is 3. The van der Waals surface area contributed by atoms with Crippen molar-refractivity contribution >= 4 is 5.57 Å². The minimum Gasteiger partial charge on any atom is -0.245 e. The molecule has 2 heterocycles. The first-order valence-electron chi connectivity index (χ1n) is 6.26. The molecule has 1 atom stereocenters. The molecular weight excluding hydrogens is 234 g/mol. The van der Waals surface area contributed by atoms with Crippen molar-refractivity contribution in [2.45, 2.75) is 5.92 Å². The number of aromatic nitrogens is 2. The van der Waals surface area contributed by atoms with Crippen LogP contribution in [-0.4, -0.2) is 9.97 Å². The van der Waals surface area contributed by atoms with Gasteiger partial charge in [-0.25, -0.2) is 15.0 Å². The zero-order chi connectivity index (χ0) is 12.7. The fourth-order valence-electron chi connectivity index (χ4n) is 2.65. The summed E-state index contributed by atoms with van der Waals surface area (Å²) in [5.41, 5.74) is 3.46. The van der Waals surface area contributed by atoms with Crippen molar-refractivity contribution in [2.24, 2.45) is 4.99 Å². The monoisotopic (exact) mass is 245 g/mol. The van der Waals surface area contributed by atoms with E-state index in [0.717, 1.165) is 16.4 Å². The SMILES string of the molecule is C1=CC(c2ccccc2)C2=c3ncncc3=NC2=C1. The first-order chi connectivity index (χ1) is 9.43. The van der Waals surface area contributed by atoms with Gasteiger partial charge >= 0.3 is 0 Å². The fraction of sp³-hybridized carbons (Fsp3) is 0.0625. The van der Waals surface area contributed by atoms with Crippen LogP contribution in [0.25, 0.3) is 5.57 Å². The van der Waals surface area contributed by atoms with Gasteiger partial charge in [-0.3, -0.25) is 0 Å². The van der Waals surface area contributed by atoms with Crippen molar-refractivity contribution in [2.75, 3.05) is 0 Å². The molecule has 4 rings (SSSR count). The van der Waals surface area contributed by atoms with E-state index in [1.165, 1.54) is 11.1 Å². The van der Waals surface area contributed by atoms with E-state index in [0.29, 0.717) is 0 Å². The second-order valence-corrected chi connectivity index (χ2v) is 4.61. The Hall–Kier alpha value is -2.55. The molecule has 3 heteroatoms. The summed E-state index contributed by atoms with van der Waals surface area (Å²) in [6.07, 6.45) is 9.66. The maximum atomic E-state index is 4.60. The Morgan fingerprint density at radius 3 is 2.84 bits per heavy atom. The van der Waals surface area contributed by atoms with Crippen LogP contribution >= 0.6 is 0 Å². The van der Waals surface area contributed by atoms with E-state index in [1.807, 2.05) is 12.1 Å². The van der Waals surface area contributed by atoms with E-state index in [-0.39, 0.29) is 5.92 Å². The number of rotatable bonds is 1. The van der Waals surface area contributed by atoms with Crippen molar-refractivity contribution in [3.63, 3.8) is 0 Å². The van der Waals surface area contributed by atoms with Gasteiger partial charge in [-0.15, -0.1) is 0 Å². The maximum absolute atomic E-state index is 4.60. The largest absolute Gasteiger partial charge is 0.245 e. The van der Waals surface area contributed by atoms with Crippen LogP contribution in [0.3, 0.4) is 0 Å². The lowest BCUT2D eigenvalue weighted by atomic mass is 9.86. The van der Waals surface area contributed by atoms with Crippen molar-refractivity contribution in [1.29, 1.82) is 0 Å². The smallest absolute Gasteiger partial charge is 0.116 e. The zero-order valence-electron chi connectivity index (χ0n) is 10.2. The van der Waals surface area contributed by atoms with E-state index in [2.05, 4.69) is 51.4 Å². The molecule has 2 aromatic rings. The van der Waals surface area contributed by atoms with Gasteiger partial charge in [0.15, 0.2) is 0 Å². The Bertz CT molecular complexity index is 817. The molecule has 1 aliphatic heterocycles. The molecule has 0 saturated heterocycles. The van der Waals surface area contributed by atoms with Gasteiger partial charge < -0.3 is 0 Å². The standard InChI is InChI=1S/C16H11N3/c1-2-5-11(6-3-1)12-7-4-8-13-15(12)16-14(19-13)9-17-10-18-16/h1-10,12H. The van der Waals surface area contributed by atoms with Crippen molar-refractivity contribution in [3.05, 3.63) is 83.1 Å². The average Bonchev–Trinajstić information content (AvgIpc) is 2.86. The highest BCUT2D eigenvalue weighted by atomic mass is 14.9. The number of allylic oxidation sites excluding steroid dienone is 4. The van der Waals surface area contributed by atoms with E-state index in [9.17, 15) is 0 Å². The number of benzene rings is 1. The third-order valence-electron chi connectivity index (χ3n) is 3.49. The molecule has 0 fully saturated rings. The van der Waals surface area contributed by atoms with Gasteiger partial charge in [-0.1, -0.05) is 42.5 Å². The molecular formula is C16H11N3. The highest BCUT2D eigenvalue weighted by Crippen LogP contribution is 2.35. The van der Waals surface area contributed by atoms with E-state index < -0.39 is 0 Å². The lowest BCUT2D eigenvalue weighted by Crippen LogP contribution is -2.28. The number of fused-ring (bicyclic) bond motifs is 2. The summed E-state index contributed by atoms with van der Waals surface area (Å²) in [5.74, 6) is 0.223. The molecule has 1 aliphatic carbocycles. The molecule has 1 aromatic heterocycles. The fourth-order valence-corrected chi connectivity index (χ4v) is 2.65. The predicted octanol–water partition coefficient (Wildman–Crippen LogP) is 1.50. The Kier molecular flexibility index (Phi) is 2.18. The van der Waals surface area contributed by atoms with Gasteiger partial charge in [0.05, 0.1) is 17.2 Å². The molecule has 0 saturated carbocycles. The van der Waals surface area contributed by atoms with Gasteiger partial charge in [0.1, 0.15) is 11.7 Å². The molecule has 90 valence electrons. The minimum absolute atomic E-state index is 0.223. The Morgan fingerprint density at radius 1 is 1.05 bits per heavy atom. The average molecular weight is 245 g/mol. The molecule has 0 N–H and O–H groups in total. The second kappa shape index (κ2) is 3.99. The summed E-state index contributed by atoms with van der Waals surface area (Å²) in [6, 6.07) is 10.4. The van der Waals surface area contributed by atoms with Crippen LogP contribution in [0, 0.1) is 0 Å². The Morgan fingerprint density at radius 2 is 1.95 bits per heavy atom. The molecule has 1 aromatic carbocycles. The van der Waals surface area contributed by atoms with Crippen LogP contribution in [0.4, 0.5) is 0 Å². The summed E-state index contributed by atoms with van der Waals surface area (Å²) < 4.78 is 0. The Labute approximate surface area is 110 Å². The first kappa shape index (κ1) is 10.4. The van der Waals surface area contributed by atoms with Crippen molar-refractivity contribution < 1.29 is 0 Å². The molecule has 0 amide bonds. The summed E-state index contributed by atoms with van der Waals surface area (Å²) in [7, 11) is 0. The zero-order valence-corrected chi connectivity index (χ0v) is 10.2. The summed E-state index contributed by atoms with van der Waals surface area (Å²) in [4.78, 5) is 13.0. The van der Waals surface area contributed by atoms with Gasteiger partial charge in [0.25, 0.3) is 0 Å². The molecule has 2 aliphatic rings. The topological polar surface area (TPSA) is 38.1 Å². The number of nitrogens with zero attached hydrogens (tertiary/aromatic N) is 3. The molecule has 0 bridgehead atoms. The van der Waals surface area contributed by atoms with Crippen LogP contribution in [0.1, 0.15) is 11.5 Å². The molecule has 1 unspecified atom stereocenters. The van der Waals surface area contributed by atoms with Crippen molar-refractivity contribution in [3.8, 4) is 0 Å². The molecule has 19 heavy (non-hydrogen) atoms. The first-order valence-corrected chi connectivity index (χ1v) is 6.26. The maximum Gasteiger partial charge on any atom is 0.116 e. The van der Waals surface area contributed by atoms with E-state index in [1.54, 1.807) is 12.5 Å². The normalized spacial score (nSPS) is 19.5. The Balaban J connectivity index is 2.00. The van der Waals surface area contributed by atoms with Crippen LogP contribution in [-0.2, 0) is 0 Å². The van der Waals surface area contributed by atoms with Gasteiger partial charge in [-0.2, -0.15) is 0 Å². The van der Waals surface area contributed by atoms with E-state index in [4.69, 9.17) is 0 Å². The highest BCUT2D eigenvalue weighted by molar-refractivity contribution is 5.75. The van der Waals surface area contributed by atoms with Crippen LogP contribution in [0.5, 0.6) is 0 Å². The quantitative estimate of drug-likeness (QED) is 0.763. The van der Waals surface area contributed by atoms with Crippen molar-refractivity contribution in [1.82, 2.24) is 9.97 Å². The number of hydrogen-bond donors (Lipinski definition) is 0. The van der Waals surface area contributed by atoms with Crippen LogP contribution < -0.4 is 10.7 Å². The van der Waals surface area contributed by atoms with Gasteiger partial charge in [-0.05, 0) is 11.6 Å².